The molecule has 1 heterocycles. The lowest BCUT2D eigenvalue weighted by atomic mass is 10.1. The van der Waals surface area contributed by atoms with Crippen molar-refractivity contribution in [3.8, 4) is 5.75 Å². The highest BCUT2D eigenvalue weighted by atomic mass is 19.4. The van der Waals surface area contributed by atoms with Gasteiger partial charge in [0.2, 0.25) is 5.76 Å². The van der Waals surface area contributed by atoms with E-state index in [4.69, 9.17) is 9.15 Å². The van der Waals surface area contributed by atoms with Crippen LogP contribution < -0.4 is 4.74 Å². The quantitative estimate of drug-likeness (QED) is 0.467. The van der Waals surface area contributed by atoms with Crippen LogP contribution in [-0.2, 0) is 17.5 Å². The molecule has 0 fully saturated rings. The maximum atomic E-state index is 13.0. The lowest BCUT2D eigenvalue weighted by Gasteiger charge is -2.13. The lowest BCUT2D eigenvalue weighted by molar-refractivity contribution is -0.385. The first-order valence-corrected chi connectivity index (χ1v) is 6.37. The van der Waals surface area contributed by atoms with Gasteiger partial charge in [0.25, 0.3) is 5.69 Å². The Labute approximate surface area is 132 Å². The molecule has 0 spiro atoms. The van der Waals surface area contributed by atoms with E-state index < -0.39 is 40.7 Å². The Kier molecular flexibility index (Phi) is 4.77. The molecule has 128 valence electrons. The van der Waals surface area contributed by atoms with Crippen LogP contribution in [0.5, 0.6) is 5.75 Å². The van der Waals surface area contributed by atoms with Crippen LogP contribution in [0.2, 0.25) is 0 Å². The molecule has 1 aromatic carbocycles. The zero-order chi connectivity index (χ0) is 17.9. The van der Waals surface area contributed by atoms with Gasteiger partial charge in [-0.15, -0.1) is 0 Å². The van der Waals surface area contributed by atoms with Gasteiger partial charge in [-0.1, -0.05) is 0 Å². The molecule has 0 saturated carbocycles. The lowest BCUT2D eigenvalue weighted by Crippen LogP contribution is -2.10. The van der Waals surface area contributed by atoms with Gasteiger partial charge >= 0.3 is 12.1 Å². The second kappa shape index (κ2) is 6.60. The van der Waals surface area contributed by atoms with E-state index in [1.165, 1.54) is 6.07 Å². The average molecular weight is 345 g/mol. The number of benzene rings is 1. The van der Waals surface area contributed by atoms with Crippen molar-refractivity contribution in [2.75, 3.05) is 7.11 Å². The van der Waals surface area contributed by atoms with Gasteiger partial charge in [-0.3, -0.25) is 10.1 Å². The van der Waals surface area contributed by atoms with E-state index in [1.807, 2.05) is 0 Å². The molecule has 0 radical (unpaired) electrons. The van der Waals surface area contributed by atoms with Gasteiger partial charge < -0.3 is 13.9 Å². The zero-order valence-electron chi connectivity index (χ0n) is 12.1. The van der Waals surface area contributed by atoms with E-state index in [0.717, 1.165) is 25.5 Å². The largest absolute Gasteiger partial charge is 0.488 e. The molecule has 0 N–H and O–H groups in total. The highest BCUT2D eigenvalue weighted by Gasteiger charge is 2.36. The van der Waals surface area contributed by atoms with Gasteiger partial charge in [-0.05, 0) is 12.1 Å². The minimum atomic E-state index is -4.84. The van der Waals surface area contributed by atoms with Gasteiger partial charge in [0.1, 0.15) is 17.9 Å². The average Bonchev–Trinajstić information content (AvgIpc) is 2.99. The fourth-order valence-electron chi connectivity index (χ4n) is 1.86. The predicted molar refractivity (Wildman–Crippen MR) is 72.5 cm³/mol. The smallest absolute Gasteiger partial charge is 0.420 e. The molecular weight excluding hydrogens is 335 g/mol. The molecule has 24 heavy (non-hydrogen) atoms. The van der Waals surface area contributed by atoms with Crippen molar-refractivity contribution in [1.29, 1.82) is 0 Å². The number of ether oxygens (including phenoxy) is 2. The summed E-state index contributed by atoms with van der Waals surface area (Å²) in [6.45, 7) is -0.415. The summed E-state index contributed by atoms with van der Waals surface area (Å²) in [4.78, 5) is 21.1. The van der Waals surface area contributed by atoms with Gasteiger partial charge in [0.05, 0.1) is 18.3 Å². The second-order valence-corrected chi connectivity index (χ2v) is 4.49. The standard InChI is InChI=1S/C14H10F3NO6/c1-22-13(19)12-8(4-5-23-12)7-24-11-3-2-9(18(20)21)6-10(11)14(15,16)17/h2-6H,7H2,1H3. The van der Waals surface area contributed by atoms with Gasteiger partial charge in [0.15, 0.2) is 0 Å². The van der Waals surface area contributed by atoms with Crippen molar-refractivity contribution in [2.45, 2.75) is 12.8 Å². The summed E-state index contributed by atoms with van der Waals surface area (Å²) in [7, 11) is 1.12. The summed E-state index contributed by atoms with van der Waals surface area (Å²) in [6, 6.07) is 3.46. The van der Waals surface area contributed by atoms with Crippen LogP contribution in [0.3, 0.4) is 0 Å². The SMILES string of the molecule is COC(=O)c1occc1COc1ccc([N+](=O)[O-])cc1C(F)(F)F. The molecule has 1 aromatic heterocycles. The number of furan rings is 1. The molecule has 0 aliphatic rings. The molecule has 0 aliphatic heterocycles. The molecule has 7 nitrogen and oxygen atoms in total. The third-order valence-electron chi connectivity index (χ3n) is 2.98. The zero-order valence-corrected chi connectivity index (χ0v) is 12.1. The summed E-state index contributed by atoms with van der Waals surface area (Å²) in [6.07, 6.45) is -3.69. The Morgan fingerprint density at radius 3 is 2.62 bits per heavy atom. The van der Waals surface area contributed by atoms with Crippen molar-refractivity contribution in [2.24, 2.45) is 0 Å². The fourth-order valence-corrected chi connectivity index (χ4v) is 1.86. The summed E-state index contributed by atoms with van der Waals surface area (Å²) in [5.74, 6) is -1.61. The topological polar surface area (TPSA) is 91.8 Å². The molecule has 0 aliphatic carbocycles. The molecular formula is C14H10F3NO6. The maximum Gasteiger partial charge on any atom is 0.420 e. The molecule has 0 atom stereocenters. The number of halogens is 3. The summed E-state index contributed by atoms with van der Waals surface area (Å²) < 4.78 is 53.5. The van der Waals surface area contributed by atoms with Crippen molar-refractivity contribution in [1.82, 2.24) is 0 Å². The molecule has 2 rings (SSSR count). The van der Waals surface area contributed by atoms with Crippen LogP contribution in [0, 0.1) is 10.1 Å². The normalized spacial score (nSPS) is 11.2. The predicted octanol–water partition coefficient (Wildman–Crippen LogP) is 3.57. The van der Waals surface area contributed by atoms with E-state index in [-0.39, 0.29) is 11.3 Å². The molecule has 0 saturated heterocycles. The van der Waals surface area contributed by atoms with Gasteiger partial charge in [0, 0.05) is 17.7 Å². The van der Waals surface area contributed by atoms with Crippen LogP contribution in [0.1, 0.15) is 21.7 Å². The second-order valence-electron chi connectivity index (χ2n) is 4.49. The van der Waals surface area contributed by atoms with E-state index in [9.17, 15) is 28.1 Å². The number of alkyl halides is 3. The first-order chi connectivity index (χ1) is 11.2. The number of non-ortho nitro benzene ring substituents is 1. The number of nitro groups is 1. The van der Waals surface area contributed by atoms with E-state index in [1.54, 1.807) is 0 Å². The summed E-state index contributed by atoms with van der Waals surface area (Å²) in [5, 5.41) is 10.6. The van der Waals surface area contributed by atoms with Crippen LogP contribution in [0.4, 0.5) is 18.9 Å². The summed E-state index contributed by atoms with van der Waals surface area (Å²) in [5.41, 5.74) is -1.83. The Morgan fingerprint density at radius 1 is 1.33 bits per heavy atom. The van der Waals surface area contributed by atoms with Gasteiger partial charge in [-0.25, -0.2) is 4.79 Å². The number of methoxy groups -OCH3 is 1. The number of carbonyl (C=O) groups is 1. The van der Waals surface area contributed by atoms with Crippen LogP contribution in [0.25, 0.3) is 0 Å². The number of nitrogens with zero attached hydrogens (tertiary/aromatic N) is 1. The number of hydrogen-bond donors (Lipinski definition) is 0. The third kappa shape index (κ3) is 3.65. The molecule has 0 unspecified atom stereocenters. The van der Waals surface area contributed by atoms with Crippen molar-refractivity contribution < 1.29 is 36.8 Å². The van der Waals surface area contributed by atoms with E-state index in [2.05, 4.69) is 4.74 Å². The third-order valence-corrected chi connectivity index (χ3v) is 2.98. The molecule has 0 amide bonds. The molecule has 10 heteroatoms. The monoisotopic (exact) mass is 345 g/mol. The Hall–Kier alpha value is -3.04. The number of hydrogen-bond acceptors (Lipinski definition) is 6. The summed E-state index contributed by atoms with van der Waals surface area (Å²) >= 11 is 0. The van der Waals surface area contributed by atoms with E-state index >= 15 is 0 Å². The van der Waals surface area contributed by atoms with E-state index in [0.29, 0.717) is 6.07 Å². The van der Waals surface area contributed by atoms with Crippen molar-refractivity contribution >= 4 is 11.7 Å². The van der Waals surface area contributed by atoms with Crippen LogP contribution in [0.15, 0.2) is 34.9 Å². The number of rotatable bonds is 5. The minimum absolute atomic E-state index is 0.174. The fraction of sp³-hybridized carbons (Fsp3) is 0.214. The molecule has 2 aromatic rings. The number of nitro benzene ring substituents is 1. The first-order valence-electron chi connectivity index (χ1n) is 6.37. The highest BCUT2D eigenvalue weighted by molar-refractivity contribution is 5.87. The number of carbonyl (C=O) groups excluding carboxylic acids is 1. The Morgan fingerprint density at radius 2 is 2.04 bits per heavy atom. The van der Waals surface area contributed by atoms with Crippen LogP contribution >= 0.6 is 0 Å². The number of esters is 1. The Balaban J connectivity index is 2.29. The van der Waals surface area contributed by atoms with Crippen molar-refractivity contribution in [3.05, 3.63) is 57.5 Å². The molecule has 0 bridgehead atoms. The van der Waals surface area contributed by atoms with Crippen molar-refractivity contribution in [3.63, 3.8) is 0 Å². The Bertz CT molecular complexity index is 768. The highest BCUT2D eigenvalue weighted by Crippen LogP contribution is 2.38. The van der Waals surface area contributed by atoms with Gasteiger partial charge in [-0.2, -0.15) is 13.2 Å². The minimum Gasteiger partial charge on any atom is -0.488 e. The maximum absolute atomic E-state index is 13.0. The van der Waals surface area contributed by atoms with Crippen LogP contribution in [-0.4, -0.2) is 18.0 Å². The first kappa shape index (κ1) is 17.3.